The number of carbonyl (C=O) groups is 1. The van der Waals surface area contributed by atoms with Crippen molar-refractivity contribution in [3.8, 4) is 0 Å². The third kappa shape index (κ3) is 3.45. The first-order chi connectivity index (χ1) is 8.99. The van der Waals surface area contributed by atoms with Crippen LogP contribution in [0.15, 0.2) is 0 Å². The van der Waals surface area contributed by atoms with Crippen LogP contribution in [0.25, 0.3) is 0 Å². The summed E-state index contributed by atoms with van der Waals surface area (Å²) in [4.78, 5) is 15.2. The van der Waals surface area contributed by atoms with Crippen molar-refractivity contribution in [3.05, 3.63) is 0 Å². The molecule has 3 atom stereocenters. The molecule has 4 nitrogen and oxygen atoms in total. The Bertz CT molecular complexity index is 359. The van der Waals surface area contributed by atoms with Gasteiger partial charge in [0.25, 0.3) is 0 Å². The van der Waals surface area contributed by atoms with Crippen LogP contribution in [0.4, 0.5) is 0 Å². The third-order valence-electron chi connectivity index (χ3n) is 4.42. The molecule has 0 spiro atoms. The number of nitrogens with zero attached hydrogens (tertiary/aromatic N) is 1. The molecule has 19 heavy (non-hydrogen) atoms. The summed E-state index contributed by atoms with van der Waals surface area (Å²) >= 11 is 5.02. The zero-order valence-corrected chi connectivity index (χ0v) is 12.7. The van der Waals surface area contributed by atoms with Crippen LogP contribution in [-0.2, 0) is 4.79 Å². The highest BCUT2D eigenvalue weighted by molar-refractivity contribution is 7.80. The summed E-state index contributed by atoms with van der Waals surface area (Å²) in [6, 6.07) is 0.962. The lowest BCUT2D eigenvalue weighted by Gasteiger charge is -2.35. The molecular formula is C14H25N3OS. The number of amides is 1. The first-order valence-electron chi connectivity index (χ1n) is 7.32. The largest absolute Gasteiger partial charge is 0.393 e. The summed E-state index contributed by atoms with van der Waals surface area (Å²) in [5.41, 5.74) is 5.69. The highest BCUT2D eigenvalue weighted by Gasteiger charge is 2.34. The number of rotatable bonds is 4. The summed E-state index contributed by atoms with van der Waals surface area (Å²) in [7, 11) is 0. The maximum atomic E-state index is 12.3. The van der Waals surface area contributed by atoms with E-state index in [0.29, 0.717) is 17.1 Å². The standard InChI is InChI=1S/C14H25N3OS/c1-9(2)12(13(15)19)14(18)16-10-5-7-17-6-3-4-11(17)8-10/h9-12H,3-8H2,1-2H3,(H2,15,19)(H,16,18). The Balaban J connectivity index is 1.90. The van der Waals surface area contributed by atoms with Crippen molar-refractivity contribution in [1.29, 1.82) is 0 Å². The first-order valence-corrected chi connectivity index (χ1v) is 7.73. The molecule has 1 amide bonds. The predicted octanol–water partition coefficient (Wildman–Crippen LogP) is 1.29. The number of piperidine rings is 1. The topological polar surface area (TPSA) is 58.4 Å². The van der Waals surface area contributed by atoms with E-state index in [4.69, 9.17) is 18.0 Å². The van der Waals surface area contributed by atoms with Crippen molar-refractivity contribution in [2.24, 2.45) is 17.6 Å². The molecular weight excluding hydrogens is 258 g/mol. The Kier molecular flexibility index (Phi) is 4.79. The van der Waals surface area contributed by atoms with Crippen molar-refractivity contribution in [3.63, 3.8) is 0 Å². The second-order valence-corrected chi connectivity index (χ2v) is 6.66. The van der Waals surface area contributed by atoms with Crippen LogP contribution in [0.5, 0.6) is 0 Å². The van der Waals surface area contributed by atoms with Gasteiger partial charge in [0.05, 0.1) is 10.9 Å². The molecule has 2 saturated heterocycles. The molecule has 0 aromatic rings. The van der Waals surface area contributed by atoms with E-state index in [1.807, 2.05) is 13.8 Å². The van der Waals surface area contributed by atoms with Gasteiger partial charge in [-0.15, -0.1) is 0 Å². The van der Waals surface area contributed by atoms with E-state index in [-0.39, 0.29) is 17.7 Å². The molecule has 108 valence electrons. The van der Waals surface area contributed by atoms with Gasteiger partial charge in [0, 0.05) is 18.6 Å². The molecule has 3 unspecified atom stereocenters. The number of carbonyl (C=O) groups excluding carboxylic acids is 1. The van der Waals surface area contributed by atoms with E-state index in [2.05, 4.69) is 10.2 Å². The lowest BCUT2D eigenvalue weighted by molar-refractivity contribution is -0.125. The molecule has 2 aliphatic rings. The average Bonchev–Trinajstić information content (AvgIpc) is 2.74. The summed E-state index contributed by atoms with van der Waals surface area (Å²) in [6.45, 7) is 6.31. The molecule has 2 heterocycles. The van der Waals surface area contributed by atoms with Gasteiger partial charge in [0.2, 0.25) is 5.91 Å². The minimum atomic E-state index is -0.336. The van der Waals surface area contributed by atoms with Crippen LogP contribution in [-0.4, -0.2) is 41.0 Å². The maximum absolute atomic E-state index is 12.3. The Morgan fingerprint density at radius 1 is 1.37 bits per heavy atom. The predicted molar refractivity (Wildman–Crippen MR) is 80.9 cm³/mol. The lowest BCUT2D eigenvalue weighted by Crippen LogP contribution is -2.50. The Morgan fingerprint density at radius 3 is 2.74 bits per heavy atom. The smallest absolute Gasteiger partial charge is 0.230 e. The lowest BCUT2D eigenvalue weighted by atomic mass is 9.92. The monoisotopic (exact) mass is 283 g/mol. The highest BCUT2D eigenvalue weighted by atomic mass is 32.1. The molecule has 0 aromatic carbocycles. The Morgan fingerprint density at radius 2 is 2.11 bits per heavy atom. The van der Waals surface area contributed by atoms with E-state index >= 15 is 0 Å². The van der Waals surface area contributed by atoms with Crippen LogP contribution >= 0.6 is 12.2 Å². The van der Waals surface area contributed by atoms with Crippen LogP contribution in [0.2, 0.25) is 0 Å². The Labute approximate surface area is 121 Å². The summed E-state index contributed by atoms with van der Waals surface area (Å²) in [5.74, 6) is -0.167. The molecule has 0 radical (unpaired) electrons. The van der Waals surface area contributed by atoms with Crippen molar-refractivity contribution < 1.29 is 4.79 Å². The normalized spacial score (nSPS) is 29.0. The molecule has 0 bridgehead atoms. The highest BCUT2D eigenvalue weighted by Crippen LogP contribution is 2.27. The number of fused-ring (bicyclic) bond motifs is 1. The molecule has 0 aliphatic carbocycles. The van der Waals surface area contributed by atoms with Gasteiger partial charge in [0.15, 0.2) is 0 Å². The van der Waals surface area contributed by atoms with Crippen molar-refractivity contribution in [2.45, 2.75) is 51.6 Å². The van der Waals surface area contributed by atoms with Gasteiger partial charge < -0.3 is 16.0 Å². The molecule has 0 aromatic heterocycles. The average molecular weight is 283 g/mol. The minimum Gasteiger partial charge on any atom is -0.393 e. The SMILES string of the molecule is CC(C)C(C(=O)NC1CCN2CCCC2C1)C(N)=S. The van der Waals surface area contributed by atoms with Gasteiger partial charge in [-0.2, -0.15) is 0 Å². The van der Waals surface area contributed by atoms with Gasteiger partial charge in [-0.05, 0) is 38.1 Å². The van der Waals surface area contributed by atoms with Crippen molar-refractivity contribution in [2.75, 3.05) is 13.1 Å². The fourth-order valence-electron chi connectivity index (χ4n) is 3.41. The fraction of sp³-hybridized carbons (Fsp3) is 0.857. The van der Waals surface area contributed by atoms with Crippen LogP contribution < -0.4 is 11.1 Å². The fourth-order valence-corrected chi connectivity index (χ4v) is 3.79. The van der Waals surface area contributed by atoms with E-state index < -0.39 is 0 Å². The Hall–Kier alpha value is -0.680. The quantitative estimate of drug-likeness (QED) is 0.763. The second kappa shape index (κ2) is 6.18. The molecule has 2 rings (SSSR count). The third-order valence-corrected chi connectivity index (χ3v) is 4.68. The molecule has 2 aliphatic heterocycles. The number of thiocarbonyl (C=S) groups is 1. The molecule has 5 heteroatoms. The van der Waals surface area contributed by atoms with Crippen LogP contribution in [0.3, 0.4) is 0 Å². The molecule has 3 N–H and O–H groups in total. The van der Waals surface area contributed by atoms with Gasteiger partial charge in [0.1, 0.15) is 0 Å². The number of nitrogens with one attached hydrogen (secondary N) is 1. The van der Waals surface area contributed by atoms with E-state index in [0.717, 1.165) is 19.4 Å². The van der Waals surface area contributed by atoms with E-state index in [1.54, 1.807) is 0 Å². The van der Waals surface area contributed by atoms with E-state index in [1.165, 1.54) is 19.4 Å². The van der Waals surface area contributed by atoms with Crippen molar-refractivity contribution in [1.82, 2.24) is 10.2 Å². The number of nitrogens with two attached hydrogens (primary N) is 1. The summed E-state index contributed by atoms with van der Waals surface area (Å²) in [5, 5.41) is 3.16. The van der Waals surface area contributed by atoms with Gasteiger partial charge >= 0.3 is 0 Å². The van der Waals surface area contributed by atoms with Gasteiger partial charge in [-0.1, -0.05) is 26.1 Å². The summed E-state index contributed by atoms with van der Waals surface area (Å²) in [6.07, 6.45) is 4.69. The number of hydrogen-bond acceptors (Lipinski definition) is 3. The zero-order chi connectivity index (χ0) is 14.0. The number of hydrogen-bond donors (Lipinski definition) is 2. The minimum absolute atomic E-state index is 0.0129. The van der Waals surface area contributed by atoms with Gasteiger partial charge in [-0.25, -0.2) is 0 Å². The second-order valence-electron chi connectivity index (χ2n) is 6.19. The van der Waals surface area contributed by atoms with E-state index in [9.17, 15) is 4.79 Å². The molecule has 2 fully saturated rings. The summed E-state index contributed by atoms with van der Waals surface area (Å²) < 4.78 is 0. The first kappa shape index (κ1) is 14.7. The zero-order valence-electron chi connectivity index (χ0n) is 11.9. The maximum Gasteiger partial charge on any atom is 0.230 e. The molecule has 0 saturated carbocycles. The van der Waals surface area contributed by atoms with Crippen molar-refractivity contribution >= 4 is 23.1 Å². The van der Waals surface area contributed by atoms with Crippen LogP contribution in [0.1, 0.15) is 39.5 Å². The van der Waals surface area contributed by atoms with Crippen LogP contribution in [0, 0.1) is 11.8 Å². The van der Waals surface area contributed by atoms with Gasteiger partial charge in [-0.3, -0.25) is 4.79 Å².